The molecule has 3 nitrogen and oxygen atoms in total. The molecule has 3 aromatic rings. The SMILES string of the molecule is C=C(C)c1ccc2c(N)c3ccncc3nc2c1. The van der Waals surface area contributed by atoms with E-state index in [0.29, 0.717) is 0 Å². The van der Waals surface area contributed by atoms with Crippen molar-refractivity contribution in [3.63, 3.8) is 0 Å². The van der Waals surface area contributed by atoms with Gasteiger partial charge in [0.15, 0.2) is 0 Å². The summed E-state index contributed by atoms with van der Waals surface area (Å²) in [5.74, 6) is 0. The van der Waals surface area contributed by atoms with Gasteiger partial charge in [-0.1, -0.05) is 24.3 Å². The van der Waals surface area contributed by atoms with Crippen LogP contribution in [-0.4, -0.2) is 9.97 Å². The van der Waals surface area contributed by atoms with Gasteiger partial charge in [-0.25, -0.2) is 4.98 Å². The molecule has 2 N–H and O–H groups in total. The van der Waals surface area contributed by atoms with E-state index in [0.717, 1.165) is 38.6 Å². The minimum absolute atomic E-state index is 0.755. The monoisotopic (exact) mass is 235 g/mol. The highest BCUT2D eigenvalue weighted by Crippen LogP contribution is 2.29. The van der Waals surface area contributed by atoms with Crippen molar-refractivity contribution in [1.82, 2.24) is 9.97 Å². The maximum absolute atomic E-state index is 6.19. The second-order valence-corrected chi connectivity index (χ2v) is 4.43. The third-order valence-electron chi connectivity index (χ3n) is 3.11. The van der Waals surface area contributed by atoms with Crippen LogP contribution in [0.3, 0.4) is 0 Å². The summed E-state index contributed by atoms with van der Waals surface area (Å²) < 4.78 is 0. The van der Waals surface area contributed by atoms with E-state index in [1.54, 1.807) is 12.4 Å². The van der Waals surface area contributed by atoms with Gasteiger partial charge in [0.1, 0.15) is 0 Å². The van der Waals surface area contributed by atoms with Crippen LogP contribution < -0.4 is 5.73 Å². The second-order valence-electron chi connectivity index (χ2n) is 4.43. The number of benzene rings is 1. The molecular weight excluding hydrogens is 222 g/mol. The lowest BCUT2D eigenvalue weighted by molar-refractivity contribution is 1.33. The molecule has 2 aromatic heterocycles. The normalized spacial score (nSPS) is 10.9. The lowest BCUT2D eigenvalue weighted by Gasteiger charge is -2.08. The van der Waals surface area contributed by atoms with Crippen molar-refractivity contribution in [2.24, 2.45) is 0 Å². The third kappa shape index (κ3) is 1.52. The van der Waals surface area contributed by atoms with Gasteiger partial charge in [-0.15, -0.1) is 0 Å². The zero-order valence-electron chi connectivity index (χ0n) is 10.1. The minimum atomic E-state index is 0.755. The lowest BCUT2D eigenvalue weighted by atomic mass is 10.0. The topological polar surface area (TPSA) is 51.8 Å². The van der Waals surface area contributed by atoms with Gasteiger partial charge in [0.2, 0.25) is 0 Å². The van der Waals surface area contributed by atoms with Crippen LogP contribution >= 0.6 is 0 Å². The Morgan fingerprint density at radius 1 is 1.17 bits per heavy atom. The fraction of sp³-hybridized carbons (Fsp3) is 0.0667. The zero-order valence-corrected chi connectivity index (χ0v) is 10.1. The first kappa shape index (κ1) is 10.7. The number of nitrogen functional groups attached to an aromatic ring is 1. The smallest absolute Gasteiger partial charge is 0.0913 e. The largest absolute Gasteiger partial charge is 0.398 e. The van der Waals surface area contributed by atoms with E-state index in [-0.39, 0.29) is 0 Å². The number of hydrogen-bond acceptors (Lipinski definition) is 3. The van der Waals surface area contributed by atoms with Gasteiger partial charge in [-0.3, -0.25) is 4.98 Å². The summed E-state index contributed by atoms with van der Waals surface area (Å²) in [6.07, 6.45) is 3.47. The number of hydrogen-bond donors (Lipinski definition) is 1. The van der Waals surface area contributed by atoms with Crippen LogP contribution in [0.25, 0.3) is 27.4 Å². The Labute approximate surface area is 105 Å². The number of nitrogens with two attached hydrogens (primary N) is 1. The van der Waals surface area contributed by atoms with Gasteiger partial charge in [-0.05, 0) is 24.6 Å². The first-order chi connectivity index (χ1) is 8.66. The molecule has 0 fully saturated rings. The van der Waals surface area contributed by atoms with Crippen LogP contribution in [0.15, 0.2) is 43.2 Å². The molecule has 88 valence electrons. The summed E-state index contributed by atoms with van der Waals surface area (Å²) in [6, 6.07) is 7.93. The van der Waals surface area contributed by atoms with Gasteiger partial charge in [0, 0.05) is 17.0 Å². The molecule has 0 unspecified atom stereocenters. The van der Waals surface area contributed by atoms with Gasteiger partial charge in [0.05, 0.1) is 22.9 Å². The van der Waals surface area contributed by atoms with E-state index < -0.39 is 0 Å². The summed E-state index contributed by atoms with van der Waals surface area (Å²) in [6.45, 7) is 5.92. The van der Waals surface area contributed by atoms with Crippen LogP contribution in [-0.2, 0) is 0 Å². The Kier molecular flexibility index (Phi) is 2.27. The summed E-state index contributed by atoms with van der Waals surface area (Å²) in [5, 5.41) is 1.92. The molecule has 0 atom stereocenters. The number of aromatic nitrogens is 2. The quantitative estimate of drug-likeness (QED) is 0.658. The van der Waals surface area contributed by atoms with Crippen LogP contribution in [0.1, 0.15) is 12.5 Å². The maximum atomic E-state index is 6.19. The van der Waals surface area contributed by atoms with E-state index in [1.165, 1.54) is 0 Å². The van der Waals surface area contributed by atoms with Crippen molar-refractivity contribution in [3.05, 3.63) is 48.8 Å². The molecule has 3 rings (SSSR count). The summed E-state index contributed by atoms with van der Waals surface area (Å²) in [5.41, 5.74) is 10.7. The summed E-state index contributed by atoms with van der Waals surface area (Å²) in [7, 11) is 0. The van der Waals surface area contributed by atoms with Crippen LogP contribution in [0.5, 0.6) is 0 Å². The first-order valence-corrected chi connectivity index (χ1v) is 5.75. The molecule has 18 heavy (non-hydrogen) atoms. The van der Waals surface area contributed by atoms with E-state index in [9.17, 15) is 0 Å². The number of pyridine rings is 2. The van der Waals surface area contributed by atoms with Crippen molar-refractivity contribution in [2.45, 2.75) is 6.92 Å². The van der Waals surface area contributed by atoms with E-state index in [4.69, 9.17) is 5.73 Å². The Hall–Kier alpha value is -2.42. The third-order valence-corrected chi connectivity index (χ3v) is 3.11. The minimum Gasteiger partial charge on any atom is -0.398 e. The van der Waals surface area contributed by atoms with Crippen LogP contribution in [0, 0.1) is 0 Å². The zero-order chi connectivity index (χ0) is 12.7. The van der Waals surface area contributed by atoms with Gasteiger partial charge in [-0.2, -0.15) is 0 Å². The molecule has 0 saturated carbocycles. The number of rotatable bonds is 1. The first-order valence-electron chi connectivity index (χ1n) is 5.75. The summed E-state index contributed by atoms with van der Waals surface area (Å²) >= 11 is 0. The molecule has 0 aliphatic rings. The van der Waals surface area contributed by atoms with Crippen molar-refractivity contribution in [2.75, 3.05) is 5.73 Å². The number of anilines is 1. The highest BCUT2D eigenvalue weighted by Gasteiger charge is 2.07. The summed E-state index contributed by atoms with van der Waals surface area (Å²) in [4.78, 5) is 8.68. The molecule has 3 heteroatoms. The van der Waals surface area contributed by atoms with E-state index in [2.05, 4.69) is 16.5 Å². The highest BCUT2D eigenvalue weighted by molar-refractivity contribution is 6.06. The molecule has 0 spiro atoms. The number of allylic oxidation sites excluding steroid dienone is 1. The second kappa shape index (κ2) is 3.81. The highest BCUT2D eigenvalue weighted by atomic mass is 14.7. The van der Waals surface area contributed by atoms with Crippen LogP contribution in [0.4, 0.5) is 5.69 Å². The van der Waals surface area contributed by atoms with E-state index >= 15 is 0 Å². The Balaban J connectivity index is 2.44. The average Bonchev–Trinajstić information content (AvgIpc) is 2.38. The maximum Gasteiger partial charge on any atom is 0.0913 e. The fourth-order valence-electron chi connectivity index (χ4n) is 2.10. The molecule has 2 heterocycles. The van der Waals surface area contributed by atoms with Crippen molar-refractivity contribution >= 4 is 33.1 Å². The van der Waals surface area contributed by atoms with Crippen molar-refractivity contribution in [3.8, 4) is 0 Å². The molecular formula is C15H13N3. The molecule has 0 aliphatic heterocycles. The van der Waals surface area contributed by atoms with Gasteiger partial charge >= 0.3 is 0 Å². The molecule has 0 saturated heterocycles. The Bertz CT molecular complexity index is 775. The predicted molar refractivity (Wildman–Crippen MR) is 76.2 cm³/mol. The number of fused-ring (bicyclic) bond motifs is 2. The predicted octanol–water partition coefficient (Wildman–Crippen LogP) is 3.40. The van der Waals surface area contributed by atoms with Gasteiger partial charge < -0.3 is 5.73 Å². The fourth-order valence-corrected chi connectivity index (χ4v) is 2.10. The Morgan fingerprint density at radius 3 is 2.72 bits per heavy atom. The molecule has 0 aliphatic carbocycles. The molecule has 0 amide bonds. The molecule has 0 bridgehead atoms. The average molecular weight is 235 g/mol. The molecule has 0 radical (unpaired) electrons. The van der Waals surface area contributed by atoms with Crippen LogP contribution in [0.2, 0.25) is 0 Å². The number of nitrogens with zero attached hydrogens (tertiary/aromatic N) is 2. The molecule has 1 aromatic carbocycles. The van der Waals surface area contributed by atoms with E-state index in [1.807, 2.05) is 31.2 Å². The van der Waals surface area contributed by atoms with Crippen molar-refractivity contribution in [1.29, 1.82) is 0 Å². The lowest BCUT2D eigenvalue weighted by Crippen LogP contribution is -1.93. The standard InChI is InChI=1S/C15H13N3/c1-9(2)10-3-4-11-13(7-10)18-14-8-17-6-5-12(14)15(11)16/h3-8H,1H2,2H3,(H2,16,18). The van der Waals surface area contributed by atoms with Crippen molar-refractivity contribution < 1.29 is 0 Å². The Morgan fingerprint density at radius 2 is 1.94 bits per heavy atom. The van der Waals surface area contributed by atoms with Gasteiger partial charge in [0.25, 0.3) is 0 Å².